The molecule has 0 fully saturated rings. The second-order valence-electron chi connectivity index (χ2n) is 3.40. The van der Waals surface area contributed by atoms with Crippen molar-refractivity contribution in [2.45, 2.75) is 13.3 Å². The van der Waals surface area contributed by atoms with Gasteiger partial charge >= 0.3 is 0 Å². The molecule has 2 aromatic rings. The maximum Gasteiger partial charge on any atom is 0.245 e. The Morgan fingerprint density at radius 3 is 2.79 bits per heavy atom. The number of carbonyl (C=O) groups excluding carboxylic acids is 1. The number of hydrogen-bond acceptors (Lipinski definition) is 2. The molecule has 0 unspecified atom stereocenters. The van der Waals surface area contributed by atoms with Gasteiger partial charge in [-0.1, -0.05) is 23.5 Å². The van der Waals surface area contributed by atoms with Crippen LogP contribution in [0, 0.1) is 0 Å². The lowest BCUT2D eigenvalue weighted by Crippen LogP contribution is -2.31. The first kappa shape index (κ1) is 9.34. The summed E-state index contributed by atoms with van der Waals surface area (Å²) in [6, 6.07) is 8.21. The van der Waals surface area contributed by atoms with Crippen molar-refractivity contribution in [3.63, 3.8) is 0 Å². The molecule has 3 heteroatoms. The highest BCUT2D eigenvalue weighted by Crippen LogP contribution is 2.19. The molecule has 0 aliphatic carbocycles. The number of aromatic nitrogens is 1. The fourth-order valence-electron chi connectivity index (χ4n) is 1.52. The highest BCUT2D eigenvalue weighted by atomic mass is 32.1. The van der Waals surface area contributed by atoms with E-state index in [-0.39, 0.29) is 5.78 Å². The van der Waals surface area contributed by atoms with Crippen molar-refractivity contribution in [1.82, 2.24) is 0 Å². The quantitative estimate of drug-likeness (QED) is 0.687. The van der Waals surface area contributed by atoms with Gasteiger partial charge in [0.1, 0.15) is 24.0 Å². The molecule has 1 heterocycles. The summed E-state index contributed by atoms with van der Waals surface area (Å²) in [5.41, 5.74) is 1.20. The van der Waals surface area contributed by atoms with Crippen LogP contribution >= 0.6 is 11.3 Å². The van der Waals surface area contributed by atoms with Crippen molar-refractivity contribution in [2.24, 2.45) is 7.05 Å². The second-order valence-corrected chi connectivity index (χ2v) is 4.52. The third-order valence-electron chi connectivity index (χ3n) is 2.23. The highest BCUT2D eigenvalue weighted by molar-refractivity contribution is 7.18. The summed E-state index contributed by atoms with van der Waals surface area (Å²) in [5, 5.41) is 1.12. The number of Topliss-reactive ketones (excluding diaryl/α,β-unsaturated/α-hetero) is 1. The minimum absolute atomic E-state index is 0.215. The maximum absolute atomic E-state index is 11.0. The van der Waals surface area contributed by atoms with Gasteiger partial charge in [0.05, 0.1) is 0 Å². The molecule has 0 N–H and O–H groups in total. The minimum atomic E-state index is 0.215. The lowest BCUT2D eigenvalue weighted by Gasteiger charge is -1.88. The Hall–Kier alpha value is -1.22. The molecule has 1 aromatic carbocycles. The van der Waals surface area contributed by atoms with Crippen molar-refractivity contribution < 1.29 is 9.36 Å². The summed E-state index contributed by atoms with van der Waals surface area (Å²) in [4.78, 5) is 11.0. The first-order valence-electron chi connectivity index (χ1n) is 4.54. The van der Waals surface area contributed by atoms with Crippen LogP contribution in [-0.4, -0.2) is 5.78 Å². The molecular weight excluding hydrogens is 194 g/mol. The summed E-state index contributed by atoms with van der Waals surface area (Å²) in [6.07, 6.45) is 0.538. The van der Waals surface area contributed by atoms with Crippen LogP contribution in [0.4, 0.5) is 0 Å². The molecule has 0 spiro atoms. The number of ketones is 1. The van der Waals surface area contributed by atoms with Crippen LogP contribution in [0.25, 0.3) is 10.2 Å². The van der Waals surface area contributed by atoms with E-state index < -0.39 is 0 Å². The molecule has 72 valence electrons. The predicted molar refractivity (Wildman–Crippen MR) is 57.4 cm³/mol. The van der Waals surface area contributed by atoms with Crippen LogP contribution in [0.2, 0.25) is 0 Å². The van der Waals surface area contributed by atoms with E-state index in [0.29, 0.717) is 6.42 Å². The lowest BCUT2D eigenvalue weighted by atomic mass is 10.3. The third-order valence-corrected chi connectivity index (χ3v) is 3.45. The number of aryl methyl sites for hydroxylation is 1. The molecule has 0 bridgehead atoms. The van der Waals surface area contributed by atoms with Crippen molar-refractivity contribution >= 4 is 27.3 Å². The third kappa shape index (κ3) is 1.55. The first-order chi connectivity index (χ1) is 6.68. The van der Waals surface area contributed by atoms with E-state index in [2.05, 4.69) is 16.7 Å². The molecule has 0 saturated carbocycles. The summed E-state index contributed by atoms with van der Waals surface area (Å²) < 4.78 is 3.34. The molecule has 0 saturated heterocycles. The zero-order valence-electron chi connectivity index (χ0n) is 8.28. The van der Waals surface area contributed by atoms with Crippen LogP contribution in [0.1, 0.15) is 11.9 Å². The van der Waals surface area contributed by atoms with Gasteiger partial charge in [-0.25, -0.2) is 0 Å². The number of rotatable bonds is 2. The second kappa shape index (κ2) is 3.50. The van der Waals surface area contributed by atoms with Gasteiger partial charge in [0, 0.05) is 6.07 Å². The van der Waals surface area contributed by atoms with Crippen LogP contribution in [0.5, 0.6) is 0 Å². The number of benzene rings is 1. The van der Waals surface area contributed by atoms with Gasteiger partial charge in [-0.15, -0.1) is 0 Å². The van der Waals surface area contributed by atoms with Crippen LogP contribution in [0.15, 0.2) is 24.3 Å². The van der Waals surface area contributed by atoms with Gasteiger partial charge < -0.3 is 0 Å². The zero-order valence-corrected chi connectivity index (χ0v) is 9.10. The molecule has 0 amide bonds. The van der Waals surface area contributed by atoms with E-state index in [1.165, 1.54) is 10.2 Å². The molecule has 1 aromatic heterocycles. The van der Waals surface area contributed by atoms with Gasteiger partial charge in [0.2, 0.25) is 10.5 Å². The summed E-state index contributed by atoms with van der Waals surface area (Å²) in [6.45, 7) is 1.63. The van der Waals surface area contributed by atoms with Gasteiger partial charge in [-0.3, -0.25) is 4.79 Å². The van der Waals surface area contributed by atoms with Crippen molar-refractivity contribution in [1.29, 1.82) is 0 Å². The summed E-state index contributed by atoms with van der Waals surface area (Å²) >= 11 is 1.69. The average Bonchev–Trinajstić information content (AvgIpc) is 2.44. The highest BCUT2D eigenvalue weighted by Gasteiger charge is 2.16. The van der Waals surface area contributed by atoms with Gasteiger partial charge in [-0.05, 0) is 13.0 Å². The molecular formula is C11H12NOS+. The fraction of sp³-hybridized carbons (Fsp3) is 0.273. The van der Waals surface area contributed by atoms with E-state index in [9.17, 15) is 4.79 Å². The Morgan fingerprint density at radius 1 is 1.43 bits per heavy atom. The Balaban J connectivity index is 2.57. The van der Waals surface area contributed by atoms with Crippen LogP contribution in [0.3, 0.4) is 0 Å². The monoisotopic (exact) mass is 206 g/mol. The van der Waals surface area contributed by atoms with Gasteiger partial charge in [-0.2, -0.15) is 4.57 Å². The summed E-state index contributed by atoms with van der Waals surface area (Å²) in [5.74, 6) is 0.215. The number of para-hydroxylation sites is 1. The summed E-state index contributed by atoms with van der Waals surface area (Å²) in [7, 11) is 2.01. The van der Waals surface area contributed by atoms with Crippen molar-refractivity contribution in [3.8, 4) is 0 Å². The standard InChI is InChI=1S/C11H12NOS/c1-8(13)7-11-12(2)9-5-3-4-6-10(9)14-11/h3-6H,7H2,1-2H3/q+1. The van der Waals surface area contributed by atoms with Gasteiger partial charge in [0.15, 0.2) is 0 Å². The zero-order chi connectivity index (χ0) is 10.1. The first-order valence-corrected chi connectivity index (χ1v) is 5.36. The smallest absolute Gasteiger partial charge is 0.245 e. The Kier molecular flexibility index (Phi) is 2.33. The molecule has 0 atom stereocenters. The van der Waals surface area contributed by atoms with E-state index >= 15 is 0 Å². The molecule has 0 radical (unpaired) electrons. The SMILES string of the molecule is CC(=O)Cc1sc2ccccc2[n+]1C. The number of thiazole rings is 1. The molecule has 14 heavy (non-hydrogen) atoms. The van der Waals surface area contributed by atoms with E-state index in [4.69, 9.17) is 0 Å². The number of hydrogen-bond donors (Lipinski definition) is 0. The number of nitrogens with zero attached hydrogens (tertiary/aromatic N) is 1. The van der Waals surface area contributed by atoms with Crippen LogP contribution < -0.4 is 4.57 Å². The van der Waals surface area contributed by atoms with E-state index in [1.807, 2.05) is 19.2 Å². The molecule has 2 rings (SSSR count). The number of fused-ring (bicyclic) bond motifs is 1. The lowest BCUT2D eigenvalue weighted by molar-refractivity contribution is -0.647. The predicted octanol–water partition coefficient (Wildman–Crippen LogP) is 1.86. The van der Waals surface area contributed by atoms with Gasteiger partial charge in [0.25, 0.3) is 0 Å². The van der Waals surface area contributed by atoms with Crippen molar-refractivity contribution in [2.75, 3.05) is 0 Å². The number of carbonyl (C=O) groups is 1. The van der Waals surface area contributed by atoms with Crippen molar-refractivity contribution in [3.05, 3.63) is 29.3 Å². The normalized spacial score (nSPS) is 10.7. The fourth-order valence-corrected chi connectivity index (χ4v) is 2.74. The average molecular weight is 206 g/mol. The topological polar surface area (TPSA) is 20.9 Å². The maximum atomic E-state index is 11.0. The Bertz CT molecular complexity index is 487. The Morgan fingerprint density at radius 2 is 2.14 bits per heavy atom. The van der Waals surface area contributed by atoms with Crippen LogP contribution in [-0.2, 0) is 18.3 Å². The molecule has 0 aliphatic heterocycles. The van der Waals surface area contributed by atoms with E-state index in [0.717, 1.165) is 5.01 Å². The molecule has 2 nitrogen and oxygen atoms in total. The Labute approximate surface area is 86.8 Å². The largest absolute Gasteiger partial charge is 0.299 e. The minimum Gasteiger partial charge on any atom is -0.299 e. The molecule has 0 aliphatic rings. The van der Waals surface area contributed by atoms with E-state index in [1.54, 1.807) is 18.3 Å².